The van der Waals surface area contributed by atoms with Gasteiger partial charge in [0.1, 0.15) is 0 Å². The molecule has 132 valence electrons. The molecule has 0 radical (unpaired) electrons. The molecule has 1 saturated carbocycles. The number of hydrogen-bond acceptors (Lipinski definition) is 5. The van der Waals surface area contributed by atoms with Gasteiger partial charge in [-0.15, -0.1) is 0 Å². The van der Waals surface area contributed by atoms with Crippen molar-refractivity contribution in [1.82, 2.24) is 15.0 Å². The van der Waals surface area contributed by atoms with Gasteiger partial charge in [-0.2, -0.15) is 4.98 Å². The van der Waals surface area contributed by atoms with Crippen LogP contribution >= 0.6 is 0 Å². The van der Waals surface area contributed by atoms with Crippen LogP contribution in [0.4, 0.5) is 0 Å². The highest BCUT2D eigenvalue weighted by molar-refractivity contribution is 5.95. The Hall–Kier alpha value is -2.21. The number of aromatic nitrogens is 2. The zero-order valence-corrected chi connectivity index (χ0v) is 14.5. The van der Waals surface area contributed by atoms with Crippen LogP contribution in [0.15, 0.2) is 28.8 Å². The van der Waals surface area contributed by atoms with E-state index in [-0.39, 0.29) is 11.9 Å². The molecule has 2 aromatic rings. The molecule has 2 heterocycles. The zero-order chi connectivity index (χ0) is 17.4. The van der Waals surface area contributed by atoms with Crippen molar-refractivity contribution in [2.45, 2.75) is 44.6 Å². The number of nitrogens with zero attached hydrogens (tertiary/aromatic N) is 3. The van der Waals surface area contributed by atoms with Crippen molar-refractivity contribution < 1.29 is 9.32 Å². The van der Waals surface area contributed by atoms with Gasteiger partial charge in [0, 0.05) is 36.2 Å². The smallest absolute Gasteiger partial charge is 0.253 e. The van der Waals surface area contributed by atoms with Crippen molar-refractivity contribution in [3.8, 4) is 11.4 Å². The summed E-state index contributed by atoms with van der Waals surface area (Å²) in [7, 11) is 0. The molecule has 1 aliphatic carbocycles. The quantitative estimate of drug-likeness (QED) is 0.925. The molecule has 1 amide bonds. The second kappa shape index (κ2) is 6.59. The molecule has 2 aliphatic rings. The van der Waals surface area contributed by atoms with E-state index in [0.29, 0.717) is 29.1 Å². The maximum absolute atomic E-state index is 12.9. The van der Waals surface area contributed by atoms with E-state index in [1.165, 1.54) is 0 Å². The summed E-state index contributed by atoms with van der Waals surface area (Å²) in [6.45, 7) is 3.54. The molecule has 1 aromatic heterocycles. The number of hydrogen-bond donors (Lipinski definition) is 1. The number of nitrogens with two attached hydrogens (primary N) is 1. The van der Waals surface area contributed by atoms with Gasteiger partial charge in [0.2, 0.25) is 11.7 Å². The Morgan fingerprint density at radius 3 is 2.96 bits per heavy atom. The minimum Gasteiger partial charge on any atom is -0.339 e. The SMILES string of the molecule is C[C@@H](N)[C@H]1CCCN(C(=O)c2cccc(-c3noc(C4CC4)n3)c2)C1. The van der Waals surface area contributed by atoms with Gasteiger partial charge in [-0.3, -0.25) is 4.79 Å². The van der Waals surface area contributed by atoms with E-state index in [2.05, 4.69) is 10.1 Å². The topological polar surface area (TPSA) is 85.2 Å². The van der Waals surface area contributed by atoms with E-state index in [1.807, 2.05) is 36.1 Å². The zero-order valence-electron chi connectivity index (χ0n) is 14.5. The molecule has 0 spiro atoms. The molecule has 2 N–H and O–H groups in total. The van der Waals surface area contributed by atoms with Crippen LogP contribution in [0.3, 0.4) is 0 Å². The second-order valence-electron chi connectivity index (χ2n) is 7.32. The summed E-state index contributed by atoms with van der Waals surface area (Å²) < 4.78 is 5.33. The lowest BCUT2D eigenvalue weighted by Crippen LogP contribution is -2.45. The Kier molecular flexibility index (Phi) is 4.29. The summed E-state index contributed by atoms with van der Waals surface area (Å²) in [5.41, 5.74) is 7.52. The Balaban J connectivity index is 1.52. The molecule has 4 rings (SSSR count). The summed E-state index contributed by atoms with van der Waals surface area (Å²) in [5.74, 6) is 2.12. The van der Waals surface area contributed by atoms with Crippen molar-refractivity contribution in [3.63, 3.8) is 0 Å². The maximum atomic E-state index is 12.9. The minimum atomic E-state index is 0.0538. The average molecular weight is 340 g/mol. The Labute approximate surface area is 147 Å². The van der Waals surface area contributed by atoms with E-state index in [0.717, 1.165) is 44.3 Å². The highest BCUT2D eigenvalue weighted by Gasteiger charge is 2.30. The fraction of sp³-hybridized carbons (Fsp3) is 0.526. The summed E-state index contributed by atoms with van der Waals surface area (Å²) in [6.07, 6.45) is 4.34. The van der Waals surface area contributed by atoms with E-state index >= 15 is 0 Å². The van der Waals surface area contributed by atoms with Crippen molar-refractivity contribution in [2.24, 2.45) is 11.7 Å². The highest BCUT2D eigenvalue weighted by atomic mass is 16.5. The molecule has 0 bridgehead atoms. The lowest BCUT2D eigenvalue weighted by molar-refractivity contribution is 0.0661. The molecule has 25 heavy (non-hydrogen) atoms. The number of carbonyl (C=O) groups is 1. The number of benzene rings is 1. The number of likely N-dealkylation sites (tertiary alicyclic amines) is 1. The van der Waals surface area contributed by atoms with Crippen LogP contribution in [-0.4, -0.2) is 40.1 Å². The fourth-order valence-corrected chi connectivity index (χ4v) is 3.45. The molecular weight excluding hydrogens is 316 g/mol. The predicted octanol–water partition coefficient (Wildman–Crippen LogP) is 2.81. The van der Waals surface area contributed by atoms with Crippen LogP contribution in [0.1, 0.15) is 54.8 Å². The van der Waals surface area contributed by atoms with Crippen molar-refractivity contribution >= 4 is 5.91 Å². The Bertz CT molecular complexity index is 766. The van der Waals surface area contributed by atoms with Crippen LogP contribution in [0.25, 0.3) is 11.4 Å². The summed E-state index contributed by atoms with van der Waals surface area (Å²) in [5, 5.41) is 4.07. The van der Waals surface area contributed by atoms with Crippen molar-refractivity contribution in [3.05, 3.63) is 35.7 Å². The summed E-state index contributed by atoms with van der Waals surface area (Å²) >= 11 is 0. The molecule has 6 heteroatoms. The Morgan fingerprint density at radius 1 is 1.36 bits per heavy atom. The van der Waals surface area contributed by atoms with Crippen LogP contribution in [-0.2, 0) is 0 Å². The number of carbonyl (C=O) groups excluding carboxylic acids is 1. The van der Waals surface area contributed by atoms with Gasteiger partial charge >= 0.3 is 0 Å². The minimum absolute atomic E-state index is 0.0538. The van der Waals surface area contributed by atoms with Gasteiger partial charge in [-0.05, 0) is 50.7 Å². The first-order valence-corrected chi connectivity index (χ1v) is 9.10. The monoisotopic (exact) mass is 340 g/mol. The van der Waals surface area contributed by atoms with Gasteiger partial charge in [0.15, 0.2) is 0 Å². The van der Waals surface area contributed by atoms with E-state index < -0.39 is 0 Å². The largest absolute Gasteiger partial charge is 0.339 e. The van der Waals surface area contributed by atoms with E-state index in [9.17, 15) is 4.79 Å². The third kappa shape index (κ3) is 3.44. The molecular formula is C19H24N4O2. The molecule has 1 aliphatic heterocycles. The number of rotatable bonds is 4. The first-order chi connectivity index (χ1) is 12.1. The van der Waals surface area contributed by atoms with Crippen LogP contribution in [0, 0.1) is 5.92 Å². The van der Waals surface area contributed by atoms with Gasteiger partial charge in [0.25, 0.3) is 5.91 Å². The molecule has 1 aromatic carbocycles. The maximum Gasteiger partial charge on any atom is 0.253 e. The number of amides is 1. The lowest BCUT2D eigenvalue weighted by Gasteiger charge is -2.34. The summed E-state index contributed by atoms with van der Waals surface area (Å²) in [4.78, 5) is 19.3. The third-order valence-corrected chi connectivity index (χ3v) is 5.22. The molecule has 6 nitrogen and oxygen atoms in total. The first kappa shape index (κ1) is 16.3. The summed E-state index contributed by atoms with van der Waals surface area (Å²) in [6, 6.07) is 7.62. The molecule has 2 fully saturated rings. The fourth-order valence-electron chi connectivity index (χ4n) is 3.45. The average Bonchev–Trinajstić information content (AvgIpc) is 3.38. The highest BCUT2D eigenvalue weighted by Crippen LogP contribution is 2.39. The predicted molar refractivity (Wildman–Crippen MR) is 94.0 cm³/mol. The van der Waals surface area contributed by atoms with Crippen LogP contribution < -0.4 is 5.73 Å². The standard InChI is InChI=1S/C19H24N4O2/c1-12(20)16-6-3-9-23(11-16)19(24)15-5-2-4-14(10-15)17-21-18(25-22-17)13-7-8-13/h2,4-5,10,12-13,16H,3,6-9,11,20H2,1H3/t12-,16+/m1/s1. The molecule has 2 atom stereocenters. The normalized spacial score (nSPS) is 22.0. The van der Waals surface area contributed by atoms with E-state index in [1.54, 1.807) is 0 Å². The van der Waals surface area contributed by atoms with Crippen LogP contribution in [0.2, 0.25) is 0 Å². The van der Waals surface area contributed by atoms with Gasteiger partial charge in [-0.25, -0.2) is 0 Å². The van der Waals surface area contributed by atoms with E-state index in [4.69, 9.17) is 10.3 Å². The Morgan fingerprint density at radius 2 is 2.20 bits per heavy atom. The first-order valence-electron chi connectivity index (χ1n) is 9.10. The molecule has 0 unspecified atom stereocenters. The van der Waals surface area contributed by atoms with Crippen molar-refractivity contribution in [2.75, 3.05) is 13.1 Å². The number of piperidine rings is 1. The van der Waals surface area contributed by atoms with Gasteiger partial charge in [0.05, 0.1) is 0 Å². The van der Waals surface area contributed by atoms with Crippen molar-refractivity contribution in [1.29, 1.82) is 0 Å². The third-order valence-electron chi connectivity index (χ3n) is 5.22. The lowest BCUT2D eigenvalue weighted by atomic mass is 9.92. The second-order valence-corrected chi connectivity index (χ2v) is 7.32. The van der Waals surface area contributed by atoms with Gasteiger partial charge < -0.3 is 15.2 Å². The van der Waals surface area contributed by atoms with Gasteiger partial charge in [-0.1, -0.05) is 17.3 Å². The van der Waals surface area contributed by atoms with Crippen LogP contribution in [0.5, 0.6) is 0 Å². The molecule has 1 saturated heterocycles.